The predicted octanol–water partition coefficient (Wildman–Crippen LogP) is 3.16. The summed E-state index contributed by atoms with van der Waals surface area (Å²) in [5, 5.41) is 25.0. The molecular formula is C37H48O14. The molecule has 280 valence electrons. The molecule has 2 aliphatic carbocycles. The number of rotatable bonds is 7. The quantitative estimate of drug-likeness (QED) is 0.237. The first kappa shape index (κ1) is 40.9. The van der Waals surface area contributed by atoms with E-state index in [1.165, 1.54) is 19.1 Å². The van der Waals surface area contributed by atoms with Gasteiger partial charge in [0.05, 0.1) is 11.5 Å². The molecule has 0 aromatic heterocycles. The molecule has 2 aliphatic rings. The average molecular weight is 717 g/mol. The third-order valence-corrected chi connectivity index (χ3v) is 9.14. The maximum absolute atomic E-state index is 13.7. The number of esters is 6. The molecule has 0 unspecified atom stereocenters. The maximum atomic E-state index is 13.7. The first-order valence-corrected chi connectivity index (χ1v) is 16.5. The first-order valence-electron chi connectivity index (χ1n) is 16.5. The Hall–Kier alpha value is -4.56. The molecule has 3 rings (SSSR count). The van der Waals surface area contributed by atoms with Crippen LogP contribution in [0.5, 0.6) is 0 Å². The predicted molar refractivity (Wildman–Crippen MR) is 178 cm³/mol. The summed E-state index contributed by atoms with van der Waals surface area (Å²) in [4.78, 5) is 76.9. The molecular weight excluding hydrogens is 668 g/mol. The number of ether oxygens (including phenoxy) is 6. The highest BCUT2D eigenvalue weighted by Gasteiger charge is 2.70. The van der Waals surface area contributed by atoms with Crippen LogP contribution in [-0.2, 0) is 52.4 Å². The molecule has 0 saturated heterocycles. The molecule has 14 heteroatoms. The summed E-state index contributed by atoms with van der Waals surface area (Å²) in [6, 6.07) is 7.78. The number of aliphatic hydroxyl groups is 2. The molecule has 2 N–H and O–H groups in total. The van der Waals surface area contributed by atoms with E-state index in [9.17, 15) is 39.0 Å². The van der Waals surface area contributed by atoms with Crippen LogP contribution < -0.4 is 0 Å². The number of hydrogen-bond donors (Lipinski definition) is 2. The van der Waals surface area contributed by atoms with Crippen LogP contribution in [0.25, 0.3) is 0 Å². The smallest absolute Gasteiger partial charge is 0.338 e. The van der Waals surface area contributed by atoms with Crippen molar-refractivity contribution in [1.29, 1.82) is 0 Å². The molecule has 0 amide bonds. The van der Waals surface area contributed by atoms with Crippen molar-refractivity contribution in [3.05, 3.63) is 60.2 Å². The van der Waals surface area contributed by atoms with Crippen molar-refractivity contribution in [3.63, 3.8) is 0 Å². The summed E-state index contributed by atoms with van der Waals surface area (Å²) >= 11 is 0. The van der Waals surface area contributed by atoms with Gasteiger partial charge in [0, 0.05) is 57.9 Å². The van der Waals surface area contributed by atoms with Crippen LogP contribution in [-0.4, -0.2) is 93.9 Å². The van der Waals surface area contributed by atoms with E-state index in [0.717, 1.165) is 34.6 Å². The van der Waals surface area contributed by atoms with Gasteiger partial charge in [-0.2, -0.15) is 0 Å². The minimum absolute atomic E-state index is 0.0848. The van der Waals surface area contributed by atoms with E-state index >= 15 is 0 Å². The Bertz CT molecular complexity index is 1550. The highest BCUT2D eigenvalue weighted by molar-refractivity contribution is 5.89. The Morgan fingerprint density at radius 2 is 1.24 bits per heavy atom. The van der Waals surface area contributed by atoms with E-state index in [1.54, 1.807) is 51.1 Å². The fraction of sp³-hybridized carbons (Fsp3) is 0.568. The molecule has 1 aromatic rings. The second kappa shape index (κ2) is 15.8. The van der Waals surface area contributed by atoms with E-state index in [2.05, 4.69) is 6.58 Å². The summed E-state index contributed by atoms with van der Waals surface area (Å²) in [7, 11) is 0. The van der Waals surface area contributed by atoms with Gasteiger partial charge in [-0.05, 0) is 19.1 Å². The van der Waals surface area contributed by atoms with Crippen LogP contribution in [0.15, 0.2) is 54.6 Å². The molecule has 1 aromatic carbocycles. The van der Waals surface area contributed by atoms with Crippen LogP contribution in [0.3, 0.4) is 0 Å². The zero-order chi connectivity index (χ0) is 38.6. The Morgan fingerprint density at radius 3 is 1.75 bits per heavy atom. The minimum atomic E-state index is -2.35. The van der Waals surface area contributed by atoms with Gasteiger partial charge in [-0.15, -0.1) is 0 Å². The van der Waals surface area contributed by atoms with E-state index < -0.39 is 107 Å². The summed E-state index contributed by atoms with van der Waals surface area (Å²) in [6.07, 6.45) is -7.38. The number of fused-ring (bicyclic) bond motifs is 1. The molecule has 1 fully saturated rings. The van der Waals surface area contributed by atoms with Gasteiger partial charge in [0.25, 0.3) is 0 Å². The second-order valence-electron chi connectivity index (χ2n) is 14.0. The summed E-state index contributed by atoms with van der Waals surface area (Å²) in [6.45, 7) is 15.8. The fourth-order valence-electron chi connectivity index (χ4n) is 7.21. The van der Waals surface area contributed by atoms with Crippen LogP contribution in [0.4, 0.5) is 0 Å². The van der Waals surface area contributed by atoms with Crippen molar-refractivity contribution in [3.8, 4) is 0 Å². The molecule has 51 heavy (non-hydrogen) atoms. The summed E-state index contributed by atoms with van der Waals surface area (Å²) in [5.74, 6) is -7.72. The molecule has 10 atom stereocenters. The zero-order valence-electron chi connectivity index (χ0n) is 30.4. The summed E-state index contributed by atoms with van der Waals surface area (Å²) < 4.78 is 34.6. The fourth-order valence-corrected chi connectivity index (χ4v) is 7.21. The number of carbonyl (C=O) groups excluding carboxylic acids is 6. The van der Waals surface area contributed by atoms with Crippen molar-refractivity contribution < 1.29 is 67.4 Å². The Kier molecular flexibility index (Phi) is 12.6. The van der Waals surface area contributed by atoms with Crippen LogP contribution in [0, 0.1) is 17.3 Å². The number of benzene rings is 1. The van der Waals surface area contributed by atoms with Crippen molar-refractivity contribution in [2.45, 2.75) is 117 Å². The molecule has 0 aliphatic heterocycles. The monoisotopic (exact) mass is 716 g/mol. The lowest BCUT2D eigenvalue weighted by Crippen LogP contribution is -2.59. The van der Waals surface area contributed by atoms with Crippen molar-refractivity contribution in [1.82, 2.24) is 0 Å². The van der Waals surface area contributed by atoms with Crippen LogP contribution in [0.2, 0.25) is 0 Å². The van der Waals surface area contributed by atoms with Crippen LogP contribution >= 0.6 is 0 Å². The third kappa shape index (κ3) is 9.22. The third-order valence-electron chi connectivity index (χ3n) is 9.14. The maximum Gasteiger partial charge on any atom is 0.338 e. The van der Waals surface area contributed by atoms with Crippen molar-refractivity contribution in [2.24, 2.45) is 17.3 Å². The Balaban J connectivity index is 2.49. The minimum Gasteiger partial charge on any atom is -0.459 e. The number of hydrogen-bond acceptors (Lipinski definition) is 14. The second-order valence-corrected chi connectivity index (χ2v) is 14.0. The lowest BCUT2D eigenvalue weighted by molar-refractivity contribution is -0.194. The number of aliphatic hydroxyl groups excluding tert-OH is 1. The molecule has 0 bridgehead atoms. The van der Waals surface area contributed by atoms with Gasteiger partial charge >= 0.3 is 35.8 Å². The van der Waals surface area contributed by atoms with E-state index in [1.807, 2.05) is 0 Å². The number of carbonyl (C=O) groups is 6. The van der Waals surface area contributed by atoms with Gasteiger partial charge in [-0.1, -0.05) is 57.7 Å². The lowest BCUT2D eigenvalue weighted by atomic mass is 9.71. The largest absolute Gasteiger partial charge is 0.459 e. The zero-order valence-corrected chi connectivity index (χ0v) is 30.4. The van der Waals surface area contributed by atoms with Crippen LogP contribution in [0.1, 0.15) is 79.1 Å². The van der Waals surface area contributed by atoms with E-state index in [-0.39, 0.29) is 11.1 Å². The molecule has 0 heterocycles. The standard InChI is InChI=1S/C37H48O14/c1-19-16-17-35(8,9)33(49-24(6)41)28(43)30(47-22(4)39)20(2)29(46-21(3)38)27-32(50-34(44)26-14-12-11-13-15-26)36(10,51-25(7)42)18-37(27,45)31(19)48-23(5)40/h11-17,19,27-33,43,45H,2,18H2,1,3-10H3/b17-16+/t19-,27+,28-,29+,30+,31+,32-,33-,36-,37-/m1/s1. The lowest BCUT2D eigenvalue weighted by Gasteiger charge is -2.45. The SMILES string of the molecule is C=C1[C@H](OC(C)=O)[C@@H](O)[C@@H](OC(C)=O)C(C)(C)/C=C/[C@@H](C)[C@H](OC(C)=O)[C@@]2(O)C[C@@](C)(OC(C)=O)[C@H](OC(=O)c3ccccc3)[C@@H]2[C@H]1OC(C)=O. The highest BCUT2D eigenvalue weighted by atomic mass is 16.6. The van der Waals surface area contributed by atoms with Gasteiger partial charge in [0.1, 0.15) is 35.6 Å². The van der Waals surface area contributed by atoms with E-state index in [0.29, 0.717) is 0 Å². The Morgan fingerprint density at radius 1 is 0.725 bits per heavy atom. The van der Waals surface area contributed by atoms with Gasteiger partial charge in [0.2, 0.25) is 0 Å². The van der Waals surface area contributed by atoms with Gasteiger partial charge in [-0.3, -0.25) is 24.0 Å². The first-order chi connectivity index (χ1) is 23.5. The molecule has 0 radical (unpaired) electrons. The van der Waals surface area contributed by atoms with Crippen molar-refractivity contribution in [2.75, 3.05) is 0 Å². The Labute approximate surface area is 297 Å². The topological polar surface area (TPSA) is 198 Å². The summed E-state index contributed by atoms with van der Waals surface area (Å²) in [5.41, 5.74) is -5.68. The van der Waals surface area contributed by atoms with Gasteiger partial charge in [0.15, 0.2) is 12.2 Å². The molecule has 14 nitrogen and oxygen atoms in total. The van der Waals surface area contributed by atoms with E-state index in [4.69, 9.17) is 28.4 Å². The van der Waals surface area contributed by atoms with Gasteiger partial charge < -0.3 is 38.6 Å². The molecule has 1 saturated carbocycles. The van der Waals surface area contributed by atoms with Crippen molar-refractivity contribution >= 4 is 35.8 Å². The normalized spacial score (nSPS) is 33.9. The average Bonchev–Trinajstić information content (AvgIpc) is 3.22. The molecule has 0 spiro atoms. The van der Waals surface area contributed by atoms with Gasteiger partial charge in [-0.25, -0.2) is 4.79 Å². The highest BCUT2D eigenvalue weighted by Crippen LogP contribution is 2.54.